The van der Waals surface area contributed by atoms with Gasteiger partial charge in [-0.15, -0.1) is 0 Å². The molecule has 0 aliphatic heterocycles. The number of hydrogen-bond donors (Lipinski definition) is 5. The molecule has 0 saturated heterocycles. The largest absolute Gasteiger partial charge is 0.507 e. The summed E-state index contributed by atoms with van der Waals surface area (Å²) in [5, 5.41) is 51.0. The molecule has 33 heavy (non-hydrogen) atoms. The van der Waals surface area contributed by atoms with Gasteiger partial charge in [0, 0.05) is 21.5 Å². The maximum absolute atomic E-state index is 11.9. The van der Waals surface area contributed by atoms with Gasteiger partial charge in [0.15, 0.2) is 0 Å². The lowest BCUT2D eigenvalue weighted by molar-refractivity contribution is 0.0681. The molecule has 0 bridgehead atoms. The number of aromatic carboxylic acids is 4. The minimum Gasteiger partial charge on any atom is -0.507 e. The second kappa shape index (κ2) is 6.54. The van der Waals surface area contributed by atoms with Gasteiger partial charge < -0.3 is 25.5 Å². The fraction of sp³-hybridized carbons (Fsp3) is 0. The predicted molar refractivity (Wildman–Crippen MR) is 117 cm³/mol. The Balaban J connectivity index is 2.21. The summed E-state index contributed by atoms with van der Waals surface area (Å²) in [6, 6.07) is 8.93. The second-order valence-corrected chi connectivity index (χ2v) is 7.52. The van der Waals surface area contributed by atoms with E-state index in [2.05, 4.69) is 0 Å². The summed E-state index contributed by atoms with van der Waals surface area (Å²) in [6.45, 7) is 0. The van der Waals surface area contributed by atoms with E-state index in [-0.39, 0.29) is 49.0 Å². The number of carbonyl (C=O) groups is 4. The number of benzene rings is 5. The third kappa shape index (κ3) is 2.53. The molecule has 9 nitrogen and oxygen atoms in total. The molecule has 0 aliphatic rings. The van der Waals surface area contributed by atoms with Gasteiger partial charge in [0.1, 0.15) is 5.75 Å². The molecule has 0 atom stereocenters. The van der Waals surface area contributed by atoms with Crippen LogP contribution in [0.5, 0.6) is 5.75 Å². The number of hydrogen-bond acceptors (Lipinski definition) is 5. The van der Waals surface area contributed by atoms with Crippen molar-refractivity contribution in [1.82, 2.24) is 0 Å². The summed E-state index contributed by atoms with van der Waals surface area (Å²) in [4.78, 5) is 47.6. The standard InChI is InChI=1S/C24H12O9/c25-15-7-14(24(32)33)18-13(23(30)31)5-2-9-8-1-4-11(21(26)27)17-12(22(28)29)6-3-10(16(8)17)19(15)20(9)18/h1-7,25H,(H,26,27)(H,28,29)(H,30,31)(H,32,33). The van der Waals surface area contributed by atoms with E-state index in [1.54, 1.807) is 0 Å². The molecule has 0 fully saturated rings. The van der Waals surface area contributed by atoms with Crippen LogP contribution < -0.4 is 0 Å². The van der Waals surface area contributed by atoms with Crippen LogP contribution >= 0.6 is 0 Å². The van der Waals surface area contributed by atoms with Gasteiger partial charge in [-0.05, 0) is 45.8 Å². The molecule has 0 amide bonds. The first kappa shape index (κ1) is 20.0. The summed E-state index contributed by atoms with van der Waals surface area (Å²) >= 11 is 0. The quantitative estimate of drug-likeness (QED) is 0.201. The van der Waals surface area contributed by atoms with Crippen molar-refractivity contribution in [3.8, 4) is 5.75 Å². The van der Waals surface area contributed by atoms with Gasteiger partial charge in [0.25, 0.3) is 0 Å². The molecule has 0 radical (unpaired) electrons. The van der Waals surface area contributed by atoms with Crippen molar-refractivity contribution in [3.63, 3.8) is 0 Å². The predicted octanol–water partition coefficient (Wildman–Crippen LogP) is 4.24. The van der Waals surface area contributed by atoms with Crippen LogP contribution in [0.3, 0.4) is 0 Å². The molecule has 5 N–H and O–H groups in total. The molecule has 9 heteroatoms. The van der Waals surface area contributed by atoms with Crippen LogP contribution in [0.4, 0.5) is 0 Å². The molecule has 162 valence electrons. The second-order valence-electron chi connectivity index (χ2n) is 7.52. The van der Waals surface area contributed by atoms with Crippen LogP contribution in [-0.2, 0) is 0 Å². The van der Waals surface area contributed by atoms with Crippen LogP contribution in [0.15, 0.2) is 42.5 Å². The Kier molecular flexibility index (Phi) is 3.96. The van der Waals surface area contributed by atoms with Crippen molar-refractivity contribution in [3.05, 3.63) is 64.7 Å². The highest BCUT2D eigenvalue weighted by molar-refractivity contribution is 6.39. The summed E-state index contributed by atoms with van der Waals surface area (Å²) < 4.78 is 0. The highest BCUT2D eigenvalue weighted by atomic mass is 16.4. The Hall–Kier alpha value is -4.92. The molecule has 0 heterocycles. The fourth-order valence-corrected chi connectivity index (χ4v) is 4.68. The number of fused-ring (bicyclic) bond motifs is 2. The number of phenols is 1. The number of aromatic hydroxyl groups is 1. The monoisotopic (exact) mass is 444 g/mol. The van der Waals surface area contributed by atoms with E-state index in [0.29, 0.717) is 10.8 Å². The van der Waals surface area contributed by atoms with E-state index in [4.69, 9.17) is 0 Å². The van der Waals surface area contributed by atoms with Crippen molar-refractivity contribution < 1.29 is 44.7 Å². The van der Waals surface area contributed by atoms with Crippen molar-refractivity contribution in [2.45, 2.75) is 0 Å². The van der Waals surface area contributed by atoms with Crippen LogP contribution in [0.25, 0.3) is 43.1 Å². The summed E-state index contributed by atoms with van der Waals surface area (Å²) in [6.07, 6.45) is 0. The van der Waals surface area contributed by atoms with Crippen molar-refractivity contribution in [2.75, 3.05) is 0 Å². The Bertz CT molecular complexity index is 1710. The van der Waals surface area contributed by atoms with Gasteiger partial charge >= 0.3 is 23.9 Å². The molecule has 0 unspecified atom stereocenters. The molecule has 0 aromatic heterocycles. The molecule has 0 aliphatic carbocycles. The Morgan fingerprint density at radius 2 is 0.848 bits per heavy atom. The summed E-state index contributed by atoms with van der Waals surface area (Å²) in [7, 11) is 0. The Morgan fingerprint density at radius 3 is 1.30 bits per heavy atom. The minimum atomic E-state index is -1.44. The first-order valence-electron chi connectivity index (χ1n) is 9.49. The topological polar surface area (TPSA) is 169 Å². The van der Waals surface area contributed by atoms with E-state index in [1.165, 1.54) is 36.4 Å². The third-order valence-electron chi connectivity index (χ3n) is 5.90. The average molecular weight is 444 g/mol. The SMILES string of the molecule is O=C(O)c1ccc2c3ccc(C(=O)O)c4c(C(=O)O)cc(O)c(c5ccc(C(=O)O)c1c25)c43. The van der Waals surface area contributed by atoms with Crippen LogP contribution in [-0.4, -0.2) is 49.4 Å². The molecular weight excluding hydrogens is 432 g/mol. The summed E-state index contributed by atoms with van der Waals surface area (Å²) in [5.74, 6) is -5.94. The number of carboxylic acids is 4. The minimum absolute atomic E-state index is 0.0483. The fourth-order valence-electron chi connectivity index (χ4n) is 4.68. The Morgan fingerprint density at radius 1 is 0.455 bits per heavy atom. The van der Waals surface area contributed by atoms with Gasteiger partial charge in [-0.1, -0.05) is 18.2 Å². The van der Waals surface area contributed by atoms with Crippen LogP contribution in [0.1, 0.15) is 41.4 Å². The molecule has 5 aromatic rings. The molecule has 0 saturated carbocycles. The normalized spacial score (nSPS) is 11.5. The van der Waals surface area contributed by atoms with E-state index in [1.807, 2.05) is 0 Å². The molecule has 5 rings (SSSR count). The maximum atomic E-state index is 11.9. The van der Waals surface area contributed by atoms with Crippen LogP contribution in [0, 0.1) is 0 Å². The lowest BCUT2D eigenvalue weighted by Gasteiger charge is -2.19. The van der Waals surface area contributed by atoms with Gasteiger partial charge in [-0.25, -0.2) is 19.2 Å². The highest BCUT2D eigenvalue weighted by Gasteiger charge is 2.27. The van der Waals surface area contributed by atoms with Gasteiger partial charge in [-0.2, -0.15) is 0 Å². The van der Waals surface area contributed by atoms with E-state index in [0.717, 1.165) is 6.07 Å². The van der Waals surface area contributed by atoms with E-state index >= 15 is 0 Å². The third-order valence-corrected chi connectivity index (χ3v) is 5.90. The lowest BCUT2D eigenvalue weighted by Crippen LogP contribution is -2.07. The van der Waals surface area contributed by atoms with Gasteiger partial charge in [0.2, 0.25) is 0 Å². The first-order valence-corrected chi connectivity index (χ1v) is 9.49. The smallest absolute Gasteiger partial charge is 0.336 e. The number of rotatable bonds is 4. The van der Waals surface area contributed by atoms with Crippen molar-refractivity contribution >= 4 is 67.0 Å². The zero-order valence-electron chi connectivity index (χ0n) is 16.4. The lowest BCUT2D eigenvalue weighted by atomic mass is 9.84. The van der Waals surface area contributed by atoms with Crippen LogP contribution in [0.2, 0.25) is 0 Å². The van der Waals surface area contributed by atoms with Gasteiger partial charge in [-0.3, -0.25) is 0 Å². The first-order chi connectivity index (χ1) is 15.6. The van der Waals surface area contributed by atoms with E-state index in [9.17, 15) is 44.7 Å². The molecule has 5 aromatic carbocycles. The van der Waals surface area contributed by atoms with Crippen molar-refractivity contribution in [1.29, 1.82) is 0 Å². The average Bonchev–Trinajstić information content (AvgIpc) is 2.76. The molecular formula is C24H12O9. The highest BCUT2D eigenvalue weighted by Crippen LogP contribution is 2.47. The zero-order chi connectivity index (χ0) is 23.8. The van der Waals surface area contributed by atoms with Crippen molar-refractivity contribution in [2.24, 2.45) is 0 Å². The zero-order valence-corrected chi connectivity index (χ0v) is 16.4. The molecule has 0 spiro atoms. The maximum Gasteiger partial charge on any atom is 0.336 e. The number of carboxylic acid groups (broad SMARTS) is 4. The number of phenolic OH excluding ortho intramolecular Hbond substituents is 1. The summed E-state index contributed by atoms with van der Waals surface area (Å²) in [5.41, 5.74) is -1.20. The van der Waals surface area contributed by atoms with Gasteiger partial charge in [0.05, 0.1) is 22.3 Å². The van der Waals surface area contributed by atoms with E-state index < -0.39 is 35.2 Å². The Labute approximate surface area is 182 Å².